The zero-order chi connectivity index (χ0) is 9.42. The first-order valence-electron chi connectivity index (χ1n) is 4.16. The van der Waals surface area contributed by atoms with Crippen LogP contribution in [0.15, 0.2) is 18.5 Å². The second kappa shape index (κ2) is 2.69. The SMILES string of the molecule is Cc1nc(N)c2cnccc2c1C. The first-order valence-corrected chi connectivity index (χ1v) is 4.16. The highest BCUT2D eigenvalue weighted by Gasteiger charge is 2.04. The molecule has 2 heterocycles. The lowest BCUT2D eigenvalue weighted by molar-refractivity contribution is 1.18. The number of anilines is 1. The van der Waals surface area contributed by atoms with Crippen LogP contribution in [-0.4, -0.2) is 9.97 Å². The highest BCUT2D eigenvalue weighted by atomic mass is 14.8. The van der Waals surface area contributed by atoms with Crippen LogP contribution >= 0.6 is 0 Å². The molecular weight excluding hydrogens is 162 g/mol. The molecule has 0 aliphatic heterocycles. The van der Waals surface area contributed by atoms with Crippen LogP contribution in [0.25, 0.3) is 10.8 Å². The molecular formula is C10H11N3. The van der Waals surface area contributed by atoms with Gasteiger partial charge in [0.05, 0.1) is 0 Å². The molecule has 0 saturated carbocycles. The number of rotatable bonds is 0. The van der Waals surface area contributed by atoms with Gasteiger partial charge in [-0.15, -0.1) is 0 Å². The Hall–Kier alpha value is -1.64. The molecule has 0 saturated heterocycles. The van der Waals surface area contributed by atoms with Crippen molar-refractivity contribution in [2.45, 2.75) is 13.8 Å². The third-order valence-corrected chi connectivity index (χ3v) is 2.33. The predicted octanol–water partition coefficient (Wildman–Crippen LogP) is 1.83. The van der Waals surface area contributed by atoms with Crippen molar-refractivity contribution in [1.29, 1.82) is 0 Å². The molecule has 0 aliphatic rings. The Balaban J connectivity index is 2.97. The summed E-state index contributed by atoms with van der Waals surface area (Å²) in [7, 11) is 0. The summed E-state index contributed by atoms with van der Waals surface area (Å²) in [5.41, 5.74) is 7.93. The van der Waals surface area contributed by atoms with E-state index in [-0.39, 0.29) is 0 Å². The van der Waals surface area contributed by atoms with Gasteiger partial charge in [-0.05, 0) is 30.9 Å². The molecule has 0 spiro atoms. The average molecular weight is 173 g/mol. The van der Waals surface area contributed by atoms with Gasteiger partial charge in [-0.25, -0.2) is 4.98 Å². The lowest BCUT2D eigenvalue weighted by Gasteiger charge is -2.06. The third-order valence-electron chi connectivity index (χ3n) is 2.33. The fourth-order valence-electron chi connectivity index (χ4n) is 1.45. The summed E-state index contributed by atoms with van der Waals surface area (Å²) in [6.07, 6.45) is 3.53. The first-order chi connectivity index (χ1) is 6.20. The molecule has 13 heavy (non-hydrogen) atoms. The number of aryl methyl sites for hydroxylation is 2. The van der Waals surface area contributed by atoms with E-state index in [1.807, 2.05) is 19.9 Å². The highest BCUT2D eigenvalue weighted by Crippen LogP contribution is 2.22. The van der Waals surface area contributed by atoms with Crippen LogP contribution in [-0.2, 0) is 0 Å². The van der Waals surface area contributed by atoms with Crippen LogP contribution in [0.1, 0.15) is 11.3 Å². The Morgan fingerprint density at radius 2 is 2.00 bits per heavy atom. The van der Waals surface area contributed by atoms with Crippen LogP contribution in [0.2, 0.25) is 0 Å². The van der Waals surface area contributed by atoms with Gasteiger partial charge >= 0.3 is 0 Å². The van der Waals surface area contributed by atoms with Gasteiger partial charge in [-0.2, -0.15) is 0 Å². The summed E-state index contributed by atoms with van der Waals surface area (Å²) in [5.74, 6) is 0.561. The molecule has 2 aromatic heterocycles. The molecule has 0 aliphatic carbocycles. The van der Waals surface area contributed by atoms with Crippen molar-refractivity contribution in [3.8, 4) is 0 Å². The fraction of sp³-hybridized carbons (Fsp3) is 0.200. The van der Waals surface area contributed by atoms with Gasteiger partial charge in [-0.3, -0.25) is 4.98 Å². The maximum absolute atomic E-state index is 5.77. The van der Waals surface area contributed by atoms with Crippen molar-refractivity contribution < 1.29 is 0 Å². The number of pyridine rings is 2. The number of hydrogen-bond donors (Lipinski definition) is 1. The van der Waals surface area contributed by atoms with Crippen LogP contribution in [0, 0.1) is 13.8 Å². The van der Waals surface area contributed by atoms with E-state index in [1.165, 1.54) is 5.56 Å². The number of aromatic nitrogens is 2. The molecule has 0 unspecified atom stereocenters. The number of nitrogens with zero attached hydrogens (tertiary/aromatic N) is 2. The maximum atomic E-state index is 5.77. The van der Waals surface area contributed by atoms with Crippen molar-refractivity contribution >= 4 is 16.6 Å². The van der Waals surface area contributed by atoms with Crippen molar-refractivity contribution in [1.82, 2.24) is 9.97 Å². The minimum Gasteiger partial charge on any atom is -0.383 e. The van der Waals surface area contributed by atoms with E-state index in [4.69, 9.17) is 5.73 Å². The van der Waals surface area contributed by atoms with Crippen molar-refractivity contribution in [2.24, 2.45) is 0 Å². The van der Waals surface area contributed by atoms with Crippen LogP contribution < -0.4 is 5.73 Å². The van der Waals surface area contributed by atoms with Gasteiger partial charge in [-0.1, -0.05) is 0 Å². The monoisotopic (exact) mass is 173 g/mol. The van der Waals surface area contributed by atoms with Crippen LogP contribution in [0.5, 0.6) is 0 Å². The number of nitrogens with two attached hydrogens (primary N) is 1. The first kappa shape index (κ1) is 7.98. The molecule has 3 heteroatoms. The minimum absolute atomic E-state index is 0.561. The van der Waals surface area contributed by atoms with Gasteiger partial charge in [0.2, 0.25) is 0 Å². The molecule has 2 aromatic rings. The molecule has 0 aromatic carbocycles. The zero-order valence-electron chi connectivity index (χ0n) is 7.70. The van der Waals surface area contributed by atoms with Crippen molar-refractivity contribution in [3.63, 3.8) is 0 Å². The maximum Gasteiger partial charge on any atom is 0.133 e. The topological polar surface area (TPSA) is 51.8 Å². The standard InChI is InChI=1S/C10H11N3/c1-6-7(2)13-10(11)9-5-12-4-3-8(6)9/h3-5H,1-2H3,(H2,11,13). The van der Waals surface area contributed by atoms with Crippen LogP contribution in [0.3, 0.4) is 0 Å². The van der Waals surface area contributed by atoms with Gasteiger partial charge in [0.15, 0.2) is 0 Å². The predicted molar refractivity (Wildman–Crippen MR) is 53.4 cm³/mol. The lowest BCUT2D eigenvalue weighted by atomic mass is 10.1. The highest BCUT2D eigenvalue weighted by molar-refractivity contribution is 5.92. The van der Waals surface area contributed by atoms with Gasteiger partial charge < -0.3 is 5.73 Å². The third kappa shape index (κ3) is 1.13. The summed E-state index contributed by atoms with van der Waals surface area (Å²) in [4.78, 5) is 8.26. The Kier molecular flexibility index (Phi) is 1.65. The van der Waals surface area contributed by atoms with E-state index in [1.54, 1.807) is 12.4 Å². The van der Waals surface area contributed by atoms with Crippen molar-refractivity contribution in [3.05, 3.63) is 29.7 Å². The molecule has 2 rings (SSSR count). The summed E-state index contributed by atoms with van der Waals surface area (Å²) < 4.78 is 0. The molecule has 0 radical (unpaired) electrons. The number of nitrogen functional groups attached to an aromatic ring is 1. The van der Waals surface area contributed by atoms with E-state index in [9.17, 15) is 0 Å². The fourth-order valence-corrected chi connectivity index (χ4v) is 1.45. The lowest BCUT2D eigenvalue weighted by Crippen LogP contribution is -1.97. The van der Waals surface area contributed by atoms with E-state index in [2.05, 4.69) is 9.97 Å². The normalized spacial score (nSPS) is 10.6. The summed E-state index contributed by atoms with van der Waals surface area (Å²) in [6, 6.07) is 1.97. The van der Waals surface area contributed by atoms with E-state index < -0.39 is 0 Å². The van der Waals surface area contributed by atoms with Crippen molar-refractivity contribution in [2.75, 3.05) is 5.73 Å². The Morgan fingerprint density at radius 3 is 2.77 bits per heavy atom. The second-order valence-electron chi connectivity index (χ2n) is 3.13. The molecule has 2 N–H and O–H groups in total. The zero-order valence-corrected chi connectivity index (χ0v) is 7.70. The summed E-state index contributed by atoms with van der Waals surface area (Å²) >= 11 is 0. The van der Waals surface area contributed by atoms with E-state index in [0.29, 0.717) is 5.82 Å². The molecule has 0 fully saturated rings. The van der Waals surface area contributed by atoms with Gasteiger partial charge in [0.1, 0.15) is 5.82 Å². The van der Waals surface area contributed by atoms with E-state index >= 15 is 0 Å². The molecule has 66 valence electrons. The largest absolute Gasteiger partial charge is 0.383 e. The number of hydrogen-bond acceptors (Lipinski definition) is 3. The smallest absolute Gasteiger partial charge is 0.133 e. The number of fused-ring (bicyclic) bond motifs is 1. The Morgan fingerprint density at radius 1 is 1.23 bits per heavy atom. The van der Waals surface area contributed by atoms with Crippen LogP contribution in [0.4, 0.5) is 5.82 Å². The second-order valence-corrected chi connectivity index (χ2v) is 3.13. The molecule has 0 atom stereocenters. The summed E-state index contributed by atoms with van der Waals surface area (Å²) in [6.45, 7) is 4.01. The quantitative estimate of drug-likeness (QED) is 0.661. The Bertz CT molecular complexity index is 463. The van der Waals surface area contributed by atoms with Gasteiger partial charge in [0.25, 0.3) is 0 Å². The van der Waals surface area contributed by atoms with Gasteiger partial charge in [0, 0.05) is 23.5 Å². The molecule has 3 nitrogen and oxygen atoms in total. The minimum atomic E-state index is 0.561. The Labute approximate surface area is 76.6 Å². The summed E-state index contributed by atoms with van der Waals surface area (Å²) in [5, 5.41) is 2.07. The average Bonchev–Trinajstić information content (AvgIpc) is 2.15. The van der Waals surface area contributed by atoms with E-state index in [0.717, 1.165) is 16.5 Å². The molecule has 0 bridgehead atoms. The molecule has 0 amide bonds.